The van der Waals surface area contributed by atoms with Crippen LogP contribution in [0.25, 0.3) is 10.8 Å². The third-order valence-electron chi connectivity index (χ3n) is 3.77. The lowest BCUT2D eigenvalue weighted by Gasteiger charge is -2.05. The fourth-order valence-electron chi connectivity index (χ4n) is 2.46. The van der Waals surface area contributed by atoms with Crippen LogP contribution in [0.3, 0.4) is 0 Å². The molecule has 26 heavy (non-hydrogen) atoms. The summed E-state index contributed by atoms with van der Waals surface area (Å²) in [7, 11) is 2.34. The summed E-state index contributed by atoms with van der Waals surface area (Å²) in [5.41, 5.74) is 0.453. The second-order valence-electron chi connectivity index (χ2n) is 5.38. The molecule has 8 heteroatoms. The van der Waals surface area contributed by atoms with Crippen LogP contribution in [0.4, 0.5) is 0 Å². The van der Waals surface area contributed by atoms with E-state index in [1.54, 1.807) is 12.1 Å². The number of carbonyl (C=O) groups excluding carboxylic acids is 3. The first-order valence-corrected chi connectivity index (χ1v) is 7.67. The number of esters is 2. The summed E-state index contributed by atoms with van der Waals surface area (Å²) in [4.78, 5) is 39.8. The van der Waals surface area contributed by atoms with E-state index in [0.29, 0.717) is 5.56 Å². The lowest BCUT2D eigenvalue weighted by atomic mass is 10.0. The standard InChI is InChI=1S/C18H15N3O5/c1-25-17(23)15-19-16(18(24)26-2)21(20-15)10-14(22)13-8-7-11-5-3-4-6-12(11)9-13/h3-9H,10H2,1-2H3. The molecule has 0 spiro atoms. The molecule has 0 saturated heterocycles. The minimum absolute atomic E-state index is 0.248. The van der Waals surface area contributed by atoms with Crippen LogP contribution in [-0.4, -0.2) is 46.7 Å². The number of hydrogen-bond acceptors (Lipinski definition) is 7. The van der Waals surface area contributed by atoms with Crippen molar-refractivity contribution < 1.29 is 23.9 Å². The van der Waals surface area contributed by atoms with Crippen LogP contribution in [0.15, 0.2) is 42.5 Å². The number of nitrogens with zero attached hydrogens (tertiary/aromatic N) is 3. The molecule has 1 heterocycles. The maximum Gasteiger partial charge on any atom is 0.377 e. The zero-order chi connectivity index (χ0) is 18.7. The van der Waals surface area contributed by atoms with Crippen LogP contribution in [-0.2, 0) is 16.0 Å². The van der Waals surface area contributed by atoms with Gasteiger partial charge in [0, 0.05) is 5.56 Å². The van der Waals surface area contributed by atoms with Gasteiger partial charge in [0.25, 0.3) is 5.82 Å². The van der Waals surface area contributed by atoms with Gasteiger partial charge in [0.15, 0.2) is 5.78 Å². The number of ether oxygens (including phenoxy) is 2. The summed E-state index contributed by atoms with van der Waals surface area (Å²) < 4.78 is 10.2. The fraction of sp³-hybridized carbons (Fsp3) is 0.167. The van der Waals surface area contributed by atoms with Gasteiger partial charge < -0.3 is 9.47 Å². The van der Waals surface area contributed by atoms with Crippen molar-refractivity contribution in [3.05, 3.63) is 59.7 Å². The summed E-state index contributed by atoms with van der Waals surface area (Å²) in [5.74, 6) is -2.48. The Morgan fingerprint density at radius 3 is 2.35 bits per heavy atom. The second-order valence-corrected chi connectivity index (χ2v) is 5.38. The highest BCUT2D eigenvalue weighted by atomic mass is 16.5. The van der Waals surface area contributed by atoms with Gasteiger partial charge in [0.05, 0.1) is 14.2 Å². The van der Waals surface area contributed by atoms with Gasteiger partial charge in [0.2, 0.25) is 5.82 Å². The molecule has 3 aromatic rings. The lowest BCUT2D eigenvalue weighted by molar-refractivity contribution is 0.0579. The van der Waals surface area contributed by atoms with E-state index in [1.165, 1.54) is 14.2 Å². The van der Waals surface area contributed by atoms with Crippen LogP contribution in [0, 0.1) is 0 Å². The largest absolute Gasteiger partial charge is 0.463 e. The Morgan fingerprint density at radius 1 is 0.962 bits per heavy atom. The molecule has 0 unspecified atom stereocenters. The third kappa shape index (κ3) is 3.30. The normalized spacial score (nSPS) is 10.5. The Kier molecular flexibility index (Phi) is 4.74. The van der Waals surface area contributed by atoms with E-state index in [9.17, 15) is 14.4 Å². The van der Waals surface area contributed by atoms with Crippen molar-refractivity contribution in [3.8, 4) is 0 Å². The third-order valence-corrected chi connectivity index (χ3v) is 3.77. The topological polar surface area (TPSA) is 100 Å². The molecule has 0 aliphatic heterocycles. The van der Waals surface area contributed by atoms with Crippen molar-refractivity contribution in [2.45, 2.75) is 6.54 Å². The van der Waals surface area contributed by atoms with Crippen LogP contribution in [0.5, 0.6) is 0 Å². The minimum atomic E-state index is -0.813. The summed E-state index contributed by atoms with van der Waals surface area (Å²) in [6, 6.07) is 12.9. The molecule has 1 aromatic heterocycles. The Bertz CT molecular complexity index is 1010. The van der Waals surface area contributed by atoms with Crippen molar-refractivity contribution in [2.75, 3.05) is 14.2 Å². The fourth-order valence-corrected chi connectivity index (χ4v) is 2.46. The summed E-state index contributed by atoms with van der Waals surface area (Å²) in [5, 5.41) is 5.81. The molecule has 0 N–H and O–H groups in total. The summed E-state index contributed by atoms with van der Waals surface area (Å²) in [6.07, 6.45) is 0. The van der Waals surface area contributed by atoms with Gasteiger partial charge in [-0.25, -0.2) is 14.3 Å². The van der Waals surface area contributed by atoms with Crippen LogP contribution < -0.4 is 0 Å². The molecule has 0 aliphatic rings. The summed E-state index contributed by atoms with van der Waals surface area (Å²) >= 11 is 0. The average molecular weight is 353 g/mol. The molecular weight excluding hydrogens is 338 g/mol. The van der Waals surface area contributed by atoms with E-state index in [-0.39, 0.29) is 24.0 Å². The van der Waals surface area contributed by atoms with Gasteiger partial charge in [-0.1, -0.05) is 36.4 Å². The highest BCUT2D eigenvalue weighted by molar-refractivity contribution is 6.00. The van der Waals surface area contributed by atoms with Crippen molar-refractivity contribution in [2.24, 2.45) is 0 Å². The molecule has 0 bridgehead atoms. The Morgan fingerprint density at radius 2 is 1.65 bits per heavy atom. The van der Waals surface area contributed by atoms with Crippen molar-refractivity contribution in [1.82, 2.24) is 14.8 Å². The van der Waals surface area contributed by atoms with Crippen LogP contribution >= 0.6 is 0 Å². The predicted molar refractivity (Wildman–Crippen MR) is 91.0 cm³/mol. The quantitative estimate of drug-likeness (QED) is 0.510. The zero-order valence-electron chi connectivity index (χ0n) is 14.1. The number of benzene rings is 2. The van der Waals surface area contributed by atoms with Crippen LogP contribution in [0.1, 0.15) is 31.6 Å². The van der Waals surface area contributed by atoms with Crippen LogP contribution in [0.2, 0.25) is 0 Å². The van der Waals surface area contributed by atoms with E-state index >= 15 is 0 Å². The zero-order valence-corrected chi connectivity index (χ0v) is 14.1. The molecule has 2 aromatic carbocycles. The monoisotopic (exact) mass is 353 g/mol. The van der Waals surface area contributed by atoms with Gasteiger partial charge in [-0.05, 0) is 16.8 Å². The molecule has 132 valence electrons. The van der Waals surface area contributed by atoms with E-state index in [0.717, 1.165) is 15.5 Å². The highest BCUT2D eigenvalue weighted by Crippen LogP contribution is 2.16. The van der Waals surface area contributed by atoms with Crippen molar-refractivity contribution in [1.29, 1.82) is 0 Å². The first kappa shape index (κ1) is 17.3. The number of hydrogen-bond donors (Lipinski definition) is 0. The number of Topliss-reactive ketones (excluding diaryl/α,β-unsaturated/α-hetero) is 1. The number of carbonyl (C=O) groups is 3. The minimum Gasteiger partial charge on any atom is -0.463 e. The van der Waals surface area contributed by atoms with E-state index in [1.807, 2.05) is 30.3 Å². The number of ketones is 1. The van der Waals surface area contributed by atoms with E-state index < -0.39 is 11.9 Å². The first-order valence-electron chi connectivity index (χ1n) is 7.67. The van der Waals surface area contributed by atoms with E-state index in [4.69, 9.17) is 0 Å². The first-order chi connectivity index (χ1) is 12.5. The van der Waals surface area contributed by atoms with Gasteiger partial charge >= 0.3 is 11.9 Å². The second kappa shape index (κ2) is 7.14. The highest BCUT2D eigenvalue weighted by Gasteiger charge is 2.24. The Balaban J connectivity index is 1.93. The number of methoxy groups -OCH3 is 2. The van der Waals surface area contributed by atoms with E-state index in [2.05, 4.69) is 19.6 Å². The summed E-state index contributed by atoms with van der Waals surface area (Å²) in [6.45, 7) is -0.271. The van der Waals surface area contributed by atoms with Gasteiger partial charge in [-0.15, -0.1) is 5.10 Å². The van der Waals surface area contributed by atoms with Gasteiger partial charge in [-0.3, -0.25) is 4.79 Å². The molecule has 0 radical (unpaired) electrons. The Labute approximate surface area is 148 Å². The molecule has 0 aliphatic carbocycles. The van der Waals surface area contributed by atoms with Crippen molar-refractivity contribution >= 4 is 28.5 Å². The molecule has 0 fully saturated rings. The average Bonchev–Trinajstić information content (AvgIpc) is 3.10. The smallest absolute Gasteiger partial charge is 0.377 e. The molecule has 0 saturated carbocycles. The lowest BCUT2D eigenvalue weighted by Crippen LogP contribution is -2.18. The molecule has 3 rings (SSSR count). The Hall–Kier alpha value is -3.55. The van der Waals surface area contributed by atoms with Gasteiger partial charge in [0.1, 0.15) is 6.54 Å². The number of aromatic nitrogens is 3. The number of fused-ring (bicyclic) bond motifs is 1. The SMILES string of the molecule is COC(=O)c1nc(C(=O)OC)n(CC(=O)c2ccc3ccccc3c2)n1. The van der Waals surface area contributed by atoms with Gasteiger partial charge in [-0.2, -0.15) is 4.98 Å². The molecule has 0 atom stereocenters. The molecule has 8 nitrogen and oxygen atoms in total. The maximum atomic E-state index is 12.6. The molecule has 0 amide bonds. The number of rotatable bonds is 5. The van der Waals surface area contributed by atoms with Crippen molar-refractivity contribution in [3.63, 3.8) is 0 Å². The molecular formula is C18H15N3O5. The maximum absolute atomic E-state index is 12.6. The predicted octanol–water partition coefficient (Wildman–Crippen LogP) is 1.89.